The minimum atomic E-state index is 0.252. The van der Waals surface area contributed by atoms with E-state index >= 15 is 0 Å². The van der Waals surface area contributed by atoms with Crippen molar-refractivity contribution in [3.8, 4) is 11.3 Å². The van der Waals surface area contributed by atoms with Gasteiger partial charge in [0, 0.05) is 70.0 Å². The SMILES string of the molecule is Cc1cc(N(C)C)nc(NC2CCN(c3nccc(-c4cnn(C)c4)n3)C2)n1. The summed E-state index contributed by atoms with van der Waals surface area (Å²) in [4.78, 5) is 22.5. The topological polar surface area (TPSA) is 87.9 Å². The van der Waals surface area contributed by atoms with Gasteiger partial charge in [0.15, 0.2) is 0 Å². The predicted molar refractivity (Wildman–Crippen MR) is 110 cm³/mol. The molecule has 1 saturated heterocycles. The second kappa shape index (κ2) is 7.41. The van der Waals surface area contributed by atoms with Crippen LogP contribution in [0.5, 0.6) is 0 Å². The number of aromatic nitrogens is 6. The average Bonchev–Trinajstić information content (AvgIpc) is 3.30. The third-order valence-electron chi connectivity index (χ3n) is 4.75. The van der Waals surface area contributed by atoms with E-state index in [2.05, 4.69) is 30.3 Å². The van der Waals surface area contributed by atoms with Crippen molar-refractivity contribution in [2.24, 2.45) is 7.05 Å². The first-order valence-electron chi connectivity index (χ1n) is 9.34. The Morgan fingerprint density at radius 2 is 2.07 bits per heavy atom. The van der Waals surface area contributed by atoms with Gasteiger partial charge in [-0.1, -0.05) is 0 Å². The van der Waals surface area contributed by atoms with E-state index < -0.39 is 0 Å². The van der Waals surface area contributed by atoms with Crippen molar-refractivity contribution in [3.05, 3.63) is 36.4 Å². The quantitative estimate of drug-likeness (QED) is 0.717. The molecule has 9 nitrogen and oxygen atoms in total. The largest absolute Gasteiger partial charge is 0.363 e. The van der Waals surface area contributed by atoms with Gasteiger partial charge in [0.05, 0.1) is 11.9 Å². The highest BCUT2D eigenvalue weighted by molar-refractivity contribution is 5.58. The molecule has 0 radical (unpaired) electrons. The summed E-state index contributed by atoms with van der Waals surface area (Å²) in [7, 11) is 5.86. The zero-order valence-electron chi connectivity index (χ0n) is 16.7. The van der Waals surface area contributed by atoms with Gasteiger partial charge < -0.3 is 15.1 Å². The van der Waals surface area contributed by atoms with Crippen molar-refractivity contribution in [2.75, 3.05) is 42.3 Å². The number of nitrogens with zero attached hydrogens (tertiary/aromatic N) is 8. The first kappa shape index (κ1) is 18.1. The van der Waals surface area contributed by atoms with E-state index in [0.29, 0.717) is 5.95 Å². The summed E-state index contributed by atoms with van der Waals surface area (Å²) < 4.78 is 1.77. The summed E-state index contributed by atoms with van der Waals surface area (Å²) in [6.45, 7) is 3.68. The highest BCUT2D eigenvalue weighted by Gasteiger charge is 2.25. The van der Waals surface area contributed by atoms with Crippen LogP contribution in [0.3, 0.4) is 0 Å². The first-order chi connectivity index (χ1) is 13.5. The smallest absolute Gasteiger partial charge is 0.225 e. The van der Waals surface area contributed by atoms with Gasteiger partial charge in [-0.05, 0) is 19.4 Å². The molecule has 1 fully saturated rings. The molecule has 9 heteroatoms. The van der Waals surface area contributed by atoms with Crippen LogP contribution in [0.2, 0.25) is 0 Å². The Balaban J connectivity index is 1.46. The molecule has 3 aromatic rings. The molecular weight excluding hydrogens is 354 g/mol. The second-order valence-electron chi connectivity index (χ2n) is 7.31. The van der Waals surface area contributed by atoms with Crippen LogP contribution in [0.1, 0.15) is 12.1 Å². The fourth-order valence-electron chi connectivity index (χ4n) is 3.30. The van der Waals surface area contributed by atoms with Crippen molar-refractivity contribution in [3.63, 3.8) is 0 Å². The van der Waals surface area contributed by atoms with Gasteiger partial charge in [0.25, 0.3) is 0 Å². The highest BCUT2D eigenvalue weighted by atomic mass is 15.3. The van der Waals surface area contributed by atoms with Crippen LogP contribution < -0.4 is 15.1 Å². The number of anilines is 3. The van der Waals surface area contributed by atoms with Gasteiger partial charge in [-0.3, -0.25) is 4.68 Å². The third kappa shape index (κ3) is 3.88. The lowest BCUT2D eigenvalue weighted by atomic mass is 10.2. The molecule has 1 unspecified atom stereocenters. The molecule has 4 rings (SSSR count). The van der Waals surface area contributed by atoms with Crippen LogP contribution >= 0.6 is 0 Å². The van der Waals surface area contributed by atoms with E-state index in [0.717, 1.165) is 48.2 Å². The molecule has 1 aliphatic rings. The van der Waals surface area contributed by atoms with E-state index in [1.165, 1.54) is 0 Å². The fourth-order valence-corrected chi connectivity index (χ4v) is 3.30. The van der Waals surface area contributed by atoms with Crippen molar-refractivity contribution in [2.45, 2.75) is 19.4 Å². The number of hydrogen-bond acceptors (Lipinski definition) is 8. The Hall–Kier alpha value is -3.23. The second-order valence-corrected chi connectivity index (χ2v) is 7.31. The lowest BCUT2D eigenvalue weighted by Gasteiger charge is -2.18. The summed E-state index contributed by atoms with van der Waals surface area (Å²) >= 11 is 0. The van der Waals surface area contributed by atoms with Crippen LogP contribution in [0.25, 0.3) is 11.3 Å². The van der Waals surface area contributed by atoms with Crippen LogP contribution in [-0.2, 0) is 7.05 Å². The standard InChI is InChI=1S/C19H25N9/c1-13-9-17(26(2)3)25-18(22-13)23-15-6-8-28(12-15)19-20-7-5-16(24-19)14-10-21-27(4)11-14/h5,7,9-11,15H,6,8,12H2,1-4H3,(H,22,23,25). The molecule has 0 amide bonds. The molecule has 1 aliphatic heterocycles. The Morgan fingerprint density at radius 3 is 2.82 bits per heavy atom. The fraction of sp³-hybridized carbons (Fsp3) is 0.421. The van der Waals surface area contributed by atoms with Gasteiger partial charge in [0.2, 0.25) is 11.9 Å². The van der Waals surface area contributed by atoms with Gasteiger partial charge in [0.1, 0.15) is 5.82 Å². The van der Waals surface area contributed by atoms with E-state index in [4.69, 9.17) is 4.98 Å². The van der Waals surface area contributed by atoms with Crippen molar-refractivity contribution >= 4 is 17.7 Å². The van der Waals surface area contributed by atoms with E-state index in [1.807, 2.05) is 57.5 Å². The maximum Gasteiger partial charge on any atom is 0.225 e. The normalized spacial score (nSPS) is 16.4. The molecule has 146 valence electrons. The van der Waals surface area contributed by atoms with Gasteiger partial charge in [-0.25, -0.2) is 15.0 Å². The van der Waals surface area contributed by atoms with Crippen LogP contribution in [0.15, 0.2) is 30.7 Å². The molecule has 0 saturated carbocycles. The monoisotopic (exact) mass is 379 g/mol. The van der Waals surface area contributed by atoms with Crippen molar-refractivity contribution in [1.29, 1.82) is 0 Å². The van der Waals surface area contributed by atoms with Gasteiger partial charge >= 0.3 is 0 Å². The van der Waals surface area contributed by atoms with Gasteiger partial charge in [-0.15, -0.1) is 0 Å². The Labute approximate surface area is 164 Å². The van der Waals surface area contributed by atoms with Crippen LogP contribution in [0, 0.1) is 6.92 Å². The molecule has 3 aromatic heterocycles. The lowest BCUT2D eigenvalue weighted by molar-refractivity contribution is 0.768. The molecule has 28 heavy (non-hydrogen) atoms. The van der Waals surface area contributed by atoms with Crippen LogP contribution in [0.4, 0.5) is 17.7 Å². The summed E-state index contributed by atoms with van der Waals surface area (Å²) in [5, 5.41) is 7.69. The van der Waals surface area contributed by atoms with E-state index in [9.17, 15) is 0 Å². The van der Waals surface area contributed by atoms with E-state index in [-0.39, 0.29) is 6.04 Å². The van der Waals surface area contributed by atoms with Crippen molar-refractivity contribution in [1.82, 2.24) is 29.7 Å². The number of hydrogen-bond donors (Lipinski definition) is 1. The minimum absolute atomic E-state index is 0.252. The van der Waals surface area contributed by atoms with Crippen LogP contribution in [-0.4, -0.2) is 62.9 Å². The molecule has 1 atom stereocenters. The Morgan fingerprint density at radius 1 is 1.21 bits per heavy atom. The molecule has 0 aliphatic carbocycles. The molecule has 0 bridgehead atoms. The minimum Gasteiger partial charge on any atom is -0.363 e. The number of nitrogens with one attached hydrogen (secondary N) is 1. The maximum atomic E-state index is 4.73. The summed E-state index contributed by atoms with van der Waals surface area (Å²) in [6.07, 6.45) is 6.56. The Kier molecular flexibility index (Phi) is 4.81. The summed E-state index contributed by atoms with van der Waals surface area (Å²) in [5.41, 5.74) is 2.82. The lowest BCUT2D eigenvalue weighted by Crippen LogP contribution is -2.28. The molecule has 0 aromatic carbocycles. The average molecular weight is 379 g/mol. The van der Waals surface area contributed by atoms with E-state index in [1.54, 1.807) is 10.9 Å². The Bertz CT molecular complexity index is 966. The zero-order valence-corrected chi connectivity index (χ0v) is 16.7. The molecule has 1 N–H and O–H groups in total. The predicted octanol–water partition coefficient (Wildman–Crippen LogP) is 1.73. The summed E-state index contributed by atoms with van der Waals surface area (Å²) in [6, 6.07) is 4.14. The molecule has 0 spiro atoms. The zero-order chi connectivity index (χ0) is 19.7. The van der Waals surface area contributed by atoms with Crippen molar-refractivity contribution < 1.29 is 0 Å². The van der Waals surface area contributed by atoms with Gasteiger partial charge in [-0.2, -0.15) is 10.1 Å². The number of aryl methyl sites for hydroxylation is 2. The number of rotatable bonds is 5. The third-order valence-corrected chi connectivity index (χ3v) is 4.75. The maximum absolute atomic E-state index is 4.73. The summed E-state index contributed by atoms with van der Waals surface area (Å²) in [5.74, 6) is 2.31. The molecule has 4 heterocycles. The molecular formula is C19H25N9. The highest BCUT2D eigenvalue weighted by Crippen LogP contribution is 2.22. The first-order valence-corrected chi connectivity index (χ1v) is 9.34.